The number of aromatic nitrogens is 2. The third kappa shape index (κ3) is 4.21. The number of rotatable bonds is 4. The summed E-state index contributed by atoms with van der Waals surface area (Å²) >= 11 is 0. The van der Waals surface area contributed by atoms with Gasteiger partial charge in [0.05, 0.1) is 17.8 Å². The number of carbonyl (C=O) groups is 1. The maximum absolute atomic E-state index is 13.4. The number of likely N-dealkylation sites (tertiary alicyclic amines) is 1. The van der Waals surface area contributed by atoms with Gasteiger partial charge < -0.3 is 15.1 Å². The van der Waals surface area contributed by atoms with Crippen molar-refractivity contribution in [2.75, 3.05) is 13.1 Å². The fraction of sp³-hybridized carbons (Fsp3) is 0.240. The van der Waals surface area contributed by atoms with E-state index in [0.717, 1.165) is 27.7 Å². The standard InChI is InChI=1S/C25H22F2N4O2/c26-25(27)5-8-31(9-6-25)24(32)17-3-4-22(30-15-17)18-10-19-11-20(13-28)33-23(19)21(12-18)16-2-1-7-29-14-16/h1-4,7,10-12,14-15H,5-6,8-9,13,28H2. The van der Waals surface area contributed by atoms with Gasteiger partial charge in [0.1, 0.15) is 11.3 Å². The van der Waals surface area contributed by atoms with Crippen LogP contribution in [0.4, 0.5) is 8.78 Å². The fourth-order valence-electron chi connectivity index (χ4n) is 4.10. The summed E-state index contributed by atoms with van der Waals surface area (Å²) in [5.74, 6) is -2.30. The van der Waals surface area contributed by atoms with Crippen LogP contribution in [0.5, 0.6) is 0 Å². The number of carbonyl (C=O) groups excluding carboxylic acids is 1. The van der Waals surface area contributed by atoms with Crippen LogP contribution in [0.1, 0.15) is 29.0 Å². The average Bonchev–Trinajstić information content (AvgIpc) is 3.27. The van der Waals surface area contributed by atoms with Gasteiger partial charge in [-0.05, 0) is 36.4 Å². The topological polar surface area (TPSA) is 85.3 Å². The monoisotopic (exact) mass is 448 g/mol. The molecule has 0 spiro atoms. The summed E-state index contributed by atoms with van der Waals surface area (Å²) in [5, 5.41) is 0.892. The van der Waals surface area contributed by atoms with Gasteiger partial charge in [0.25, 0.3) is 11.8 Å². The summed E-state index contributed by atoms with van der Waals surface area (Å²) in [6.45, 7) is 0.374. The minimum atomic E-state index is -2.69. The molecule has 0 aliphatic carbocycles. The minimum absolute atomic E-state index is 0.0443. The highest BCUT2D eigenvalue weighted by molar-refractivity contribution is 5.97. The number of nitrogens with two attached hydrogens (primary N) is 1. The molecule has 0 radical (unpaired) electrons. The van der Waals surface area contributed by atoms with Crippen LogP contribution in [0.15, 0.2) is 65.5 Å². The van der Waals surface area contributed by atoms with Gasteiger partial charge in [-0.1, -0.05) is 6.07 Å². The SMILES string of the molecule is NCc1cc2cc(-c3ccc(C(=O)N4CCC(F)(F)CC4)cn3)cc(-c3cccnc3)c2o1. The normalized spacial score (nSPS) is 15.7. The zero-order valence-electron chi connectivity index (χ0n) is 17.8. The molecule has 1 aliphatic rings. The molecule has 4 aromatic rings. The van der Waals surface area contributed by atoms with Gasteiger partial charge in [0.2, 0.25) is 0 Å². The second-order valence-electron chi connectivity index (χ2n) is 8.18. The van der Waals surface area contributed by atoms with Gasteiger partial charge in [-0.25, -0.2) is 8.78 Å². The molecule has 4 heterocycles. The molecule has 0 atom stereocenters. The van der Waals surface area contributed by atoms with E-state index in [1.54, 1.807) is 24.5 Å². The van der Waals surface area contributed by atoms with Crippen LogP contribution in [0, 0.1) is 0 Å². The van der Waals surface area contributed by atoms with E-state index >= 15 is 0 Å². The number of fused-ring (bicyclic) bond motifs is 1. The molecule has 8 heteroatoms. The van der Waals surface area contributed by atoms with Crippen LogP contribution in [0.25, 0.3) is 33.4 Å². The Labute approximate surface area is 189 Å². The molecule has 1 saturated heterocycles. The predicted molar refractivity (Wildman–Crippen MR) is 121 cm³/mol. The van der Waals surface area contributed by atoms with Gasteiger partial charge in [0.15, 0.2) is 0 Å². The summed E-state index contributed by atoms with van der Waals surface area (Å²) in [7, 11) is 0. The molecular weight excluding hydrogens is 426 g/mol. The molecular formula is C25H22F2N4O2. The van der Waals surface area contributed by atoms with Crippen molar-refractivity contribution < 1.29 is 18.0 Å². The number of hydrogen-bond donors (Lipinski definition) is 1. The first-order valence-corrected chi connectivity index (χ1v) is 10.7. The van der Waals surface area contributed by atoms with Crippen LogP contribution in [0.2, 0.25) is 0 Å². The van der Waals surface area contributed by atoms with E-state index in [2.05, 4.69) is 9.97 Å². The zero-order chi connectivity index (χ0) is 23.0. The Hall–Kier alpha value is -3.65. The number of halogens is 2. The molecule has 0 unspecified atom stereocenters. The Morgan fingerprint density at radius 1 is 1.09 bits per heavy atom. The van der Waals surface area contributed by atoms with E-state index in [4.69, 9.17) is 10.2 Å². The van der Waals surface area contributed by atoms with Crippen molar-refractivity contribution in [3.8, 4) is 22.4 Å². The molecule has 5 rings (SSSR count). The van der Waals surface area contributed by atoms with Gasteiger partial charge >= 0.3 is 0 Å². The number of nitrogens with zero attached hydrogens (tertiary/aromatic N) is 3. The van der Waals surface area contributed by atoms with Gasteiger partial charge in [-0.15, -0.1) is 0 Å². The van der Waals surface area contributed by atoms with Crippen molar-refractivity contribution in [3.63, 3.8) is 0 Å². The first kappa shape index (κ1) is 21.2. The largest absolute Gasteiger partial charge is 0.459 e. The molecule has 6 nitrogen and oxygen atoms in total. The molecule has 0 saturated carbocycles. The Bertz CT molecular complexity index is 1290. The predicted octanol–water partition coefficient (Wildman–Crippen LogP) is 4.89. The number of furan rings is 1. The van der Waals surface area contributed by atoms with E-state index in [-0.39, 0.29) is 38.4 Å². The summed E-state index contributed by atoms with van der Waals surface area (Å²) in [6, 6.07) is 13.1. The molecule has 33 heavy (non-hydrogen) atoms. The number of hydrogen-bond acceptors (Lipinski definition) is 5. The first-order valence-electron chi connectivity index (χ1n) is 10.7. The molecule has 1 aliphatic heterocycles. The smallest absolute Gasteiger partial charge is 0.255 e. The lowest BCUT2D eigenvalue weighted by molar-refractivity contribution is -0.0494. The Kier molecular flexibility index (Phi) is 5.38. The molecule has 2 N–H and O–H groups in total. The lowest BCUT2D eigenvalue weighted by Gasteiger charge is -2.31. The maximum atomic E-state index is 13.4. The molecule has 168 valence electrons. The Morgan fingerprint density at radius 3 is 2.58 bits per heavy atom. The van der Waals surface area contributed by atoms with Crippen LogP contribution in [-0.4, -0.2) is 39.8 Å². The van der Waals surface area contributed by atoms with Crippen molar-refractivity contribution >= 4 is 16.9 Å². The lowest BCUT2D eigenvalue weighted by Crippen LogP contribution is -2.42. The first-order chi connectivity index (χ1) is 15.9. The van der Waals surface area contributed by atoms with Crippen LogP contribution in [-0.2, 0) is 6.54 Å². The van der Waals surface area contributed by atoms with Crippen molar-refractivity contribution in [2.45, 2.75) is 25.3 Å². The van der Waals surface area contributed by atoms with E-state index in [0.29, 0.717) is 17.0 Å². The molecule has 0 bridgehead atoms. The number of piperidine rings is 1. The molecule has 1 fully saturated rings. The van der Waals surface area contributed by atoms with Gasteiger partial charge in [-0.3, -0.25) is 14.8 Å². The molecule has 3 aromatic heterocycles. The van der Waals surface area contributed by atoms with Crippen LogP contribution in [0.3, 0.4) is 0 Å². The quantitative estimate of drug-likeness (QED) is 0.481. The van der Waals surface area contributed by atoms with Crippen molar-refractivity contribution in [2.24, 2.45) is 5.73 Å². The number of alkyl halides is 2. The lowest BCUT2D eigenvalue weighted by atomic mass is 9.99. The number of pyridine rings is 2. The Balaban J connectivity index is 1.47. The maximum Gasteiger partial charge on any atom is 0.255 e. The van der Waals surface area contributed by atoms with Gasteiger partial charge in [0, 0.05) is 66.6 Å². The third-order valence-corrected chi connectivity index (χ3v) is 5.93. The Morgan fingerprint density at radius 2 is 1.91 bits per heavy atom. The highest BCUT2D eigenvalue weighted by Crippen LogP contribution is 2.35. The van der Waals surface area contributed by atoms with Gasteiger partial charge in [-0.2, -0.15) is 0 Å². The van der Waals surface area contributed by atoms with Crippen molar-refractivity contribution in [1.29, 1.82) is 0 Å². The summed E-state index contributed by atoms with van der Waals surface area (Å²) in [6.07, 6.45) is 4.35. The molecule has 1 aromatic carbocycles. The van der Waals surface area contributed by atoms with E-state index in [1.165, 1.54) is 11.1 Å². The number of benzene rings is 1. The second kappa shape index (κ2) is 8.37. The minimum Gasteiger partial charge on any atom is -0.459 e. The highest BCUT2D eigenvalue weighted by Gasteiger charge is 2.35. The summed E-state index contributed by atoms with van der Waals surface area (Å²) < 4.78 is 32.8. The van der Waals surface area contributed by atoms with Crippen molar-refractivity contribution in [1.82, 2.24) is 14.9 Å². The average molecular weight is 448 g/mol. The van der Waals surface area contributed by atoms with Crippen LogP contribution < -0.4 is 5.73 Å². The molecule has 1 amide bonds. The summed E-state index contributed by atoms with van der Waals surface area (Å²) in [5.41, 5.74) is 10.2. The zero-order valence-corrected chi connectivity index (χ0v) is 17.8. The fourth-order valence-corrected chi connectivity index (χ4v) is 4.10. The number of amides is 1. The highest BCUT2D eigenvalue weighted by atomic mass is 19.3. The van der Waals surface area contributed by atoms with E-state index in [9.17, 15) is 13.6 Å². The van der Waals surface area contributed by atoms with E-state index in [1.807, 2.05) is 30.3 Å². The second-order valence-corrected chi connectivity index (χ2v) is 8.18. The van der Waals surface area contributed by atoms with E-state index < -0.39 is 5.92 Å². The van der Waals surface area contributed by atoms with Crippen LogP contribution >= 0.6 is 0 Å². The van der Waals surface area contributed by atoms with Crippen molar-refractivity contribution in [3.05, 3.63) is 72.4 Å². The summed E-state index contributed by atoms with van der Waals surface area (Å²) in [4.78, 5) is 22.9. The third-order valence-electron chi connectivity index (χ3n) is 5.93.